The van der Waals surface area contributed by atoms with Gasteiger partial charge in [-0.2, -0.15) is 0 Å². The molecule has 3 heterocycles. The molecule has 0 aromatic heterocycles. The molecule has 3 rings (SSSR count). The van der Waals surface area contributed by atoms with Crippen LogP contribution < -0.4 is 0 Å². The first kappa shape index (κ1) is 12.3. The highest BCUT2D eigenvalue weighted by molar-refractivity contribution is 5.78. The number of cyclic esters (lactones) is 1. The molecule has 3 saturated heterocycles. The average molecular weight is 258 g/mol. The molecule has 0 amide bonds. The van der Waals surface area contributed by atoms with Crippen LogP contribution >= 0.6 is 0 Å². The minimum atomic E-state index is -0.762. The molecule has 6 heteroatoms. The third kappa shape index (κ3) is 1.93. The zero-order valence-electron chi connectivity index (χ0n) is 11.0. The minimum Gasteiger partial charge on any atom is -0.455 e. The van der Waals surface area contributed by atoms with E-state index in [2.05, 4.69) is 0 Å². The van der Waals surface area contributed by atoms with Gasteiger partial charge in [-0.25, -0.2) is 4.79 Å². The Balaban J connectivity index is 1.77. The van der Waals surface area contributed by atoms with Crippen LogP contribution in [0.15, 0.2) is 0 Å². The summed E-state index contributed by atoms with van der Waals surface area (Å²) in [5.74, 6) is -1.80. The van der Waals surface area contributed by atoms with Crippen molar-refractivity contribution >= 4 is 5.97 Å². The molecule has 102 valence electrons. The van der Waals surface area contributed by atoms with Gasteiger partial charge in [0.2, 0.25) is 0 Å². The van der Waals surface area contributed by atoms with Crippen molar-refractivity contribution in [1.82, 2.24) is 0 Å². The van der Waals surface area contributed by atoms with E-state index in [-0.39, 0.29) is 12.1 Å². The molecule has 4 atom stereocenters. The Morgan fingerprint density at radius 3 is 2.33 bits per heavy atom. The Kier molecular flexibility index (Phi) is 2.51. The average Bonchev–Trinajstić information content (AvgIpc) is 2.81. The normalized spacial score (nSPS) is 45.0. The van der Waals surface area contributed by atoms with Crippen LogP contribution in [0.1, 0.15) is 27.7 Å². The molecule has 0 saturated carbocycles. The summed E-state index contributed by atoms with van der Waals surface area (Å²) in [7, 11) is 0. The van der Waals surface area contributed by atoms with Gasteiger partial charge in [0, 0.05) is 0 Å². The van der Waals surface area contributed by atoms with Gasteiger partial charge in [-0.3, -0.25) is 0 Å². The summed E-state index contributed by atoms with van der Waals surface area (Å²) in [6, 6.07) is 0. The lowest BCUT2D eigenvalue weighted by molar-refractivity contribution is -0.200. The zero-order chi connectivity index (χ0) is 13.1. The van der Waals surface area contributed by atoms with E-state index in [9.17, 15) is 4.79 Å². The van der Waals surface area contributed by atoms with Gasteiger partial charge in [-0.05, 0) is 27.7 Å². The van der Waals surface area contributed by atoms with Crippen LogP contribution in [0.4, 0.5) is 0 Å². The molecule has 0 unspecified atom stereocenters. The predicted octanol–water partition coefficient (Wildman–Crippen LogP) is 0.583. The van der Waals surface area contributed by atoms with Crippen LogP contribution in [0.3, 0.4) is 0 Å². The Morgan fingerprint density at radius 1 is 1.00 bits per heavy atom. The van der Waals surface area contributed by atoms with Gasteiger partial charge in [-0.1, -0.05) is 0 Å². The van der Waals surface area contributed by atoms with E-state index in [0.717, 1.165) is 0 Å². The Morgan fingerprint density at radius 2 is 1.72 bits per heavy atom. The van der Waals surface area contributed by atoms with Crippen LogP contribution in [0, 0.1) is 0 Å². The molecule has 0 aliphatic carbocycles. The van der Waals surface area contributed by atoms with E-state index < -0.39 is 29.9 Å². The summed E-state index contributed by atoms with van der Waals surface area (Å²) < 4.78 is 27.8. The van der Waals surface area contributed by atoms with Crippen molar-refractivity contribution in [3.05, 3.63) is 0 Å². The van der Waals surface area contributed by atoms with Crippen LogP contribution in [0.25, 0.3) is 0 Å². The number of esters is 1. The third-order valence-corrected chi connectivity index (χ3v) is 3.33. The van der Waals surface area contributed by atoms with Crippen molar-refractivity contribution in [1.29, 1.82) is 0 Å². The second kappa shape index (κ2) is 3.66. The first-order valence-corrected chi connectivity index (χ1v) is 6.15. The van der Waals surface area contributed by atoms with Crippen molar-refractivity contribution < 1.29 is 28.5 Å². The summed E-state index contributed by atoms with van der Waals surface area (Å²) in [5.41, 5.74) is 0. The maximum Gasteiger partial charge on any atom is 0.338 e. The van der Waals surface area contributed by atoms with Crippen LogP contribution in [0.2, 0.25) is 0 Å². The lowest BCUT2D eigenvalue weighted by atomic mass is 10.1. The molecule has 0 bridgehead atoms. The minimum absolute atomic E-state index is 0.309. The van der Waals surface area contributed by atoms with E-state index in [4.69, 9.17) is 23.7 Å². The monoisotopic (exact) mass is 258 g/mol. The molecular weight excluding hydrogens is 240 g/mol. The standard InChI is InChI=1S/C12H18O6/c1-11(2)14-5-6(16-11)7-8-9(10(13)15-7)18-12(3,4)17-8/h6-9H,5H2,1-4H3/t6-,7-,8+,9-/m0/s1. The summed E-state index contributed by atoms with van der Waals surface area (Å²) in [6.45, 7) is 7.61. The van der Waals surface area contributed by atoms with Gasteiger partial charge < -0.3 is 23.7 Å². The summed E-state index contributed by atoms with van der Waals surface area (Å²) in [6.07, 6.45) is -1.85. The fourth-order valence-corrected chi connectivity index (χ4v) is 2.64. The Labute approximate surface area is 105 Å². The Bertz CT molecular complexity index is 377. The Hall–Kier alpha value is -0.690. The number of hydrogen-bond donors (Lipinski definition) is 0. The first-order valence-electron chi connectivity index (χ1n) is 6.15. The highest BCUT2D eigenvalue weighted by Crippen LogP contribution is 2.39. The summed E-state index contributed by atoms with van der Waals surface area (Å²) in [4.78, 5) is 11.7. The van der Waals surface area contributed by atoms with Gasteiger partial charge in [0.25, 0.3) is 0 Å². The highest BCUT2D eigenvalue weighted by Gasteiger charge is 2.59. The van der Waals surface area contributed by atoms with Crippen LogP contribution in [0.5, 0.6) is 0 Å². The van der Waals surface area contributed by atoms with E-state index in [0.29, 0.717) is 6.61 Å². The van der Waals surface area contributed by atoms with Crippen molar-refractivity contribution in [3.8, 4) is 0 Å². The molecule has 6 nitrogen and oxygen atoms in total. The third-order valence-electron chi connectivity index (χ3n) is 3.33. The van der Waals surface area contributed by atoms with Crippen LogP contribution in [-0.4, -0.2) is 48.6 Å². The molecule has 3 aliphatic heterocycles. The quantitative estimate of drug-likeness (QED) is 0.641. The molecule has 3 fully saturated rings. The maximum absolute atomic E-state index is 11.7. The van der Waals surface area contributed by atoms with Gasteiger partial charge >= 0.3 is 5.97 Å². The van der Waals surface area contributed by atoms with Gasteiger partial charge in [0.1, 0.15) is 12.2 Å². The predicted molar refractivity (Wildman–Crippen MR) is 58.6 cm³/mol. The first-order chi connectivity index (χ1) is 8.27. The fourth-order valence-electron chi connectivity index (χ4n) is 2.64. The number of carbonyl (C=O) groups is 1. The van der Waals surface area contributed by atoms with Crippen molar-refractivity contribution in [2.24, 2.45) is 0 Å². The molecule has 0 aromatic rings. The zero-order valence-corrected chi connectivity index (χ0v) is 11.0. The van der Waals surface area contributed by atoms with Crippen molar-refractivity contribution in [2.45, 2.75) is 63.7 Å². The molecule has 18 heavy (non-hydrogen) atoms. The van der Waals surface area contributed by atoms with E-state index >= 15 is 0 Å². The molecule has 0 N–H and O–H groups in total. The highest BCUT2D eigenvalue weighted by atomic mass is 16.8. The molecule has 0 radical (unpaired) electrons. The molecule has 3 aliphatic rings. The molecule has 0 aromatic carbocycles. The van der Waals surface area contributed by atoms with E-state index in [1.165, 1.54) is 0 Å². The van der Waals surface area contributed by atoms with Crippen LogP contribution in [-0.2, 0) is 28.5 Å². The number of rotatable bonds is 1. The lowest BCUT2D eigenvalue weighted by Crippen LogP contribution is -2.40. The van der Waals surface area contributed by atoms with Gasteiger partial charge in [-0.15, -0.1) is 0 Å². The molecule has 0 spiro atoms. The topological polar surface area (TPSA) is 63.2 Å². The van der Waals surface area contributed by atoms with Crippen molar-refractivity contribution in [2.75, 3.05) is 6.61 Å². The summed E-state index contributed by atoms with van der Waals surface area (Å²) in [5, 5.41) is 0. The smallest absolute Gasteiger partial charge is 0.338 e. The van der Waals surface area contributed by atoms with E-state index in [1.54, 1.807) is 13.8 Å². The number of ether oxygens (including phenoxy) is 5. The second-order valence-corrected chi connectivity index (χ2v) is 5.79. The number of carbonyl (C=O) groups excluding carboxylic acids is 1. The largest absolute Gasteiger partial charge is 0.455 e. The van der Waals surface area contributed by atoms with Crippen molar-refractivity contribution in [3.63, 3.8) is 0 Å². The SMILES string of the molecule is CC1(C)OC[C@@H]([C@@H]2OC(=O)[C@H]3OC(C)(C)O[C@H]23)O1. The fraction of sp³-hybridized carbons (Fsp3) is 0.917. The summed E-state index contributed by atoms with van der Waals surface area (Å²) >= 11 is 0. The lowest BCUT2D eigenvalue weighted by Gasteiger charge is -2.25. The van der Waals surface area contributed by atoms with E-state index in [1.807, 2.05) is 13.8 Å². The second-order valence-electron chi connectivity index (χ2n) is 5.79. The number of hydrogen-bond acceptors (Lipinski definition) is 6. The molecular formula is C12H18O6. The van der Waals surface area contributed by atoms with Gasteiger partial charge in [0.05, 0.1) is 6.61 Å². The number of fused-ring (bicyclic) bond motifs is 1. The maximum atomic E-state index is 11.7. The van der Waals surface area contributed by atoms with Gasteiger partial charge in [0.15, 0.2) is 23.8 Å².